The van der Waals surface area contributed by atoms with E-state index >= 15 is 0 Å². The van der Waals surface area contributed by atoms with Crippen LogP contribution in [-0.4, -0.2) is 24.9 Å². The van der Waals surface area contributed by atoms with E-state index in [4.69, 9.17) is 0 Å². The van der Waals surface area contributed by atoms with E-state index in [1.807, 2.05) is 12.2 Å². The minimum Gasteiger partial charge on any atom is -0.345 e. The third kappa shape index (κ3) is 9.67. The standard InChI is InChI=1S/C19H27NO/c1-20(18-21)17-13-8-6-4-2-3-5-7-10-14-19-15-11-9-12-16-19/h4,6,8-9,11-13,15-16,18H,2-3,5,7,10,14,17H2,1H3. The van der Waals surface area contributed by atoms with Gasteiger partial charge in [-0.1, -0.05) is 67.5 Å². The molecule has 0 aromatic heterocycles. The van der Waals surface area contributed by atoms with Crippen molar-refractivity contribution in [1.29, 1.82) is 0 Å². The molecule has 1 rings (SSSR count). The second-order valence-electron chi connectivity index (χ2n) is 5.34. The molecule has 2 heteroatoms. The molecule has 1 aromatic rings. The molecule has 0 atom stereocenters. The maximum absolute atomic E-state index is 10.4. The molecule has 0 fully saturated rings. The third-order valence-corrected chi connectivity index (χ3v) is 3.39. The minimum absolute atomic E-state index is 0.674. The van der Waals surface area contributed by atoms with Crippen molar-refractivity contribution < 1.29 is 4.79 Å². The summed E-state index contributed by atoms with van der Waals surface area (Å²) in [6, 6.07) is 10.7. The summed E-state index contributed by atoms with van der Waals surface area (Å²) in [5, 5.41) is 0. The molecule has 1 amide bonds. The van der Waals surface area contributed by atoms with Crippen LogP contribution in [0.4, 0.5) is 0 Å². The number of likely N-dealkylation sites (N-methyl/N-ethyl adjacent to an activating group) is 1. The van der Waals surface area contributed by atoms with Gasteiger partial charge in [-0.3, -0.25) is 4.79 Å². The zero-order valence-corrected chi connectivity index (χ0v) is 13.1. The van der Waals surface area contributed by atoms with Gasteiger partial charge in [0.15, 0.2) is 0 Å². The Balaban J connectivity index is 1.93. The Morgan fingerprint density at radius 3 is 2.43 bits per heavy atom. The van der Waals surface area contributed by atoms with Crippen LogP contribution in [-0.2, 0) is 11.2 Å². The predicted molar refractivity (Wildman–Crippen MR) is 90.2 cm³/mol. The van der Waals surface area contributed by atoms with Gasteiger partial charge < -0.3 is 4.90 Å². The van der Waals surface area contributed by atoms with E-state index in [0.717, 1.165) is 12.8 Å². The molecule has 1 aromatic carbocycles. The van der Waals surface area contributed by atoms with Gasteiger partial charge >= 0.3 is 0 Å². The van der Waals surface area contributed by atoms with Gasteiger partial charge in [0.25, 0.3) is 0 Å². The number of unbranched alkanes of at least 4 members (excludes halogenated alkanes) is 4. The van der Waals surface area contributed by atoms with Gasteiger partial charge in [0.1, 0.15) is 0 Å². The molecule has 114 valence electrons. The molecule has 0 saturated heterocycles. The van der Waals surface area contributed by atoms with Crippen LogP contribution in [0.5, 0.6) is 0 Å². The summed E-state index contributed by atoms with van der Waals surface area (Å²) in [4.78, 5) is 12.0. The van der Waals surface area contributed by atoms with Gasteiger partial charge in [-0.05, 0) is 31.2 Å². The number of carbonyl (C=O) groups is 1. The molecule has 0 radical (unpaired) electrons. The van der Waals surface area contributed by atoms with Gasteiger partial charge in [-0.15, -0.1) is 0 Å². The first-order chi connectivity index (χ1) is 10.3. The number of hydrogen-bond acceptors (Lipinski definition) is 1. The summed E-state index contributed by atoms with van der Waals surface area (Å²) >= 11 is 0. The SMILES string of the molecule is CN(C=O)CC=CC=CCCCCCCc1ccccc1. The zero-order valence-electron chi connectivity index (χ0n) is 13.1. The molecule has 0 aliphatic carbocycles. The minimum atomic E-state index is 0.674. The molecule has 0 N–H and O–H groups in total. The van der Waals surface area contributed by atoms with Crippen molar-refractivity contribution in [2.24, 2.45) is 0 Å². The van der Waals surface area contributed by atoms with Gasteiger partial charge in [0.2, 0.25) is 6.41 Å². The Hall–Kier alpha value is -1.83. The third-order valence-electron chi connectivity index (χ3n) is 3.39. The lowest BCUT2D eigenvalue weighted by atomic mass is 10.1. The van der Waals surface area contributed by atoms with Crippen LogP contribution in [0.2, 0.25) is 0 Å². The van der Waals surface area contributed by atoms with Crippen molar-refractivity contribution in [3.63, 3.8) is 0 Å². The summed E-state index contributed by atoms with van der Waals surface area (Å²) < 4.78 is 0. The Bertz CT molecular complexity index is 422. The highest BCUT2D eigenvalue weighted by molar-refractivity contribution is 5.46. The first kappa shape index (κ1) is 17.2. The second-order valence-corrected chi connectivity index (χ2v) is 5.34. The fraction of sp³-hybridized carbons (Fsp3) is 0.421. The van der Waals surface area contributed by atoms with Crippen LogP contribution in [0.25, 0.3) is 0 Å². The van der Waals surface area contributed by atoms with E-state index in [9.17, 15) is 4.79 Å². The maximum Gasteiger partial charge on any atom is 0.209 e. The lowest BCUT2D eigenvalue weighted by Crippen LogP contribution is -2.14. The topological polar surface area (TPSA) is 20.3 Å². The van der Waals surface area contributed by atoms with Gasteiger partial charge in [0, 0.05) is 13.6 Å². The van der Waals surface area contributed by atoms with Crippen molar-refractivity contribution in [3.05, 3.63) is 60.2 Å². The summed E-state index contributed by atoms with van der Waals surface area (Å²) in [7, 11) is 1.77. The molecule has 0 bridgehead atoms. The highest BCUT2D eigenvalue weighted by Gasteiger charge is 1.92. The maximum atomic E-state index is 10.4. The molecular formula is C19H27NO. The highest BCUT2D eigenvalue weighted by atomic mass is 16.1. The monoisotopic (exact) mass is 285 g/mol. The van der Waals surface area contributed by atoms with Crippen molar-refractivity contribution in [3.8, 4) is 0 Å². The van der Waals surface area contributed by atoms with Crippen LogP contribution < -0.4 is 0 Å². The number of benzene rings is 1. The van der Waals surface area contributed by atoms with E-state index in [1.165, 1.54) is 37.7 Å². The molecule has 21 heavy (non-hydrogen) atoms. The number of allylic oxidation sites excluding steroid dienone is 3. The Morgan fingerprint density at radius 1 is 0.952 bits per heavy atom. The van der Waals surface area contributed by atoms with Crippen molar-refractivity contribution in [2.45, 2.75) is 38.5 Å². The van der Waals surface area contributed by atoms with E-state index < -0.39 is 0 Å². The normalized spacial score (nSPS) is 11.3. The quantitative estimate of drug-likeness (QED) is 0.336. The Kier molecular flexibility index (Phi) is 9.80. The molecule has 0 unspecified atom stereocenters. The van der Waals surface area contributed by atoms with Crippen molar-refractivity contribution in [1.82, 2.24) is 4.90 Å². The van der Waals surface area contributed by atoms with E-state index in [2.05, 4.69) is 42.5 Å². The first-order valence-electron chi connectivity index (χ1n) is 7.84. The molecule has 0 saturated carbocycles. The fourth-order valence-electron chi connectivity index (χ4n) is 2.11. The Morgan fingerprint density at radius 2 is 1.67 bits per heavy atom. The number of nitrogens with zero attached hydrogens (tertiary/aromatic N) is 1. The zero-order chi connectivity index (χ0) is 15.2. The van der Waals surface area contributed by atoms with Crippen LogP contribution >= 0.6 is 0 Å². The highest BCUT2D eigenvalue weighted by Crippen LogP contribution is 2.08. The largest absolute Gasteiger partial charge is 0.345 e. The average Bonchev–Trinajstić information content (AvgIpc) is 2.53. The molecule has 0 heterocycles. The molecule has 0 spiro atoms. The van der Waals surface area contributed by atoms with Gasteiger partial charge in [-0.25, -0.2) is 0 Å². The van der Waals surface area contributed by atoms with Crippen molar-refractivity contribution >= 4 is 6.41 Å². The first-order valence-corrected chi connectivity index (χ1v) is 7.84. The van der Waals surface area contributed by atoms with Crippen LogP contribution in [0.15, 0.2) is 54.6 Å². The summed E-state index contributed by atoms with van der Waals surface area (Å²) in [6.07, 6.45) is 16.6. The van der Waals surface area contributed by atoms with E-state index in [1.54, 1.807) is 11.9 Å². The van der Waals surface area contributed by atoms with Gasteiger partial charge in [-0.2, -0.15) is 0 Å². The molecular weight excluding hydrogens is 258 g/mol. The van der Waals surface area contributed by atoms with Crippen LogP contribution in [0.1, 0.15) is 37.7 Å². The number of amides is 1. The van der Waals surface area contributed by atoms with Gasteiger partial charge in [0.05, 0.1) is 0 Å². The lowest BCUT2D eigenvalue weighted by molar-refractivity contribution is -0.116. The second kappa shape index (κ2) is 12.0. The van der Waals surface area contributed by atoms with E-state index in [-0.39, 0.29) is 0 Å². The summed E-state index contributed by atoms with van der Waals surface area (Å²) in [5.74, 6) is 0. The number of carbonyl (C=O) groups excluding carboxylic acids is 1. The van der Waals surface area contributed by atoms with Crippen molar-refractivity contribution in [2.75, 3.05) is 13.6 Å². The number of hydrogen-bond donors (Lipinski definition) is 0. The fourth-order valence-corrected chi connectivity index (χ4v) is 2.11. The Labute approximate surface area is 129 Å². The van der Waals surface area contributed by atoms with E-state index in [0.29, 0.717) is 6.54 Å². The smallest absolute Gasteiger partial charge is 0.209 e. The molecule has 2 nitrogen and oxygen atoms in total. The number of rotatable bonds is 11. The predicted octanol–water partition coefficient (Wildman–Crippen LogP) is 4.38. The average molecular weight is 285 g/mol. The number of aryl methyl sites for hydroxylation is 1. The lowest BCUT2D eigenvalue weighted by Gasteiger charge is -2.04. The molecule has 0 aliphatic heterocycles. The van der Waals surface area contributed by atoms with Crippen LogP contribution in [0.3, 0.4) is 0 Å². The molecule has 0 aliphatic rings. The summed E-state index contributed by atoms with van der Waals surface area (Å²) in [5.41, 5.74) is 1.45. The summed E-state index contributed by atoms with van der Waals surface area (Å²) in [6.45, 7) is 0.674. The van der Waals surface area contributed by atoms with Crippen LogP contribution in [0, 0.1) is 0 Å².